The second kappa shape index (κ2) is 4.09. The van der Waals surface area contributed by atoms with Crippen molar-refractivity contribution >= 4 is 29.2 Å². The average Bonchev–Trinajstić information content (AvgIpc) is 2.60. The lowest BCUT2D eigenvalue weighted by atomic mass is 10.4. The molecular formula is C10H9ClN2O3. The SMILES string of the molecule is COc1cc(N2C(=O)CCC2=O)ncc1Cl. The van der Waals surface area contributed by atoms with Crippen LogP contribution < -0.4 is 9.64 Å². The second-order valence-electron chi connectivity index (χ2n) is 3.30. The van der Waals surface area contributed by atoms with Gasteiger partial charge in [-0.25, -0.2) is 9.88 Å². The van der Waals surface area contributed by atoms with Crippen molar-refractivity contribution in [3.63, 3.8) is 0 Å². The molecule has 2 heterocycles. The number of aromatic nitrogens is 1. The molecule has 0 aromatic carbocycles. The largest absolute Gasteiger partial charge is 0.495 e. The zero-order valence-electron chi connectivity index (χ0n) is 8.57. The molecule has 0 atom stereocenters. The van der Waals surface area contributed by atoms with Crippen molar-refractivity contribution in [1.82, 2.24) is 4.98 Å². The molecule has 1 aromatic heterocycles. The van der Waals surface area contributed by atoms with Crippen LogP contribution in [-0.4, -0.2) is 23.9 Å². The number of pyridine rings is 1. The first-order valence-electron chi connectivity index (χ1n) is 4.69. The Labute approximate surface area is 97.0 Å². The smallest absolute Gasteiger partial charge is 0.235 e. The van der Waals surface area contributed by atoms with Gasteiger partial charge in [0.1, 0.15) is 16.6 Å². The number of carbonyl (C=O) groups is 2. The lowest BCUT2D eigenvalue weighted by Crippen LogP contribution is -2.29. The van der Waals surface area contributed by atoms with Gasteiger partial charge in [-0.1, -0.05) is 11.6 Å². The predicted octanol–water partition coefficient (Wildman–Crippen LogP) is 1.40. The average molecular weight is 241 g/mol. The molecule has 0 spiro atoms. The molecule has 16 heavy (non-hydrogen) atoms. The number of nitrogens with zero attached hydrogens (tertiary/aromatic N) is 2. The van der Waals surface area contributed by atoms with E-state index >= 15 is 0 Å². The number of imide groups is 1. The van der Waals surface area contributed by atoms with Crippen molar-refractivity contribution in [1.29, 1.82) is 0 Å². The van der Waals surface area contributed by atoms with Gasteiger partial charge in [-0.3, -0.25) is 9.59 Å². The summed E-state index contributed by atoms with van der Waals surface area (Å²) in [5, 5.41) is 0.338. The number of anilines is 1. The van der Waals surface area contributed by atoms with E-state index in [-0.39, 0.29) is 30.5 Å². The van der Waals surface area contributed by atoms with E-state index < -0.39 is 0 Å². The molecule has 2 amide bonds. The number of halogens is 1. The highest BCUT2D eigenvalue weighted by molar-refractivity contribution is 6.32. The first-order valence-corrected chi connectivity index (χ1v) is 5.06. The molecule has 6 heteroatoms. The molecule has 0 saturated carbocycles. The molecule has 1 aromatic rings. The third-order valence-corrected chi connectivity index (χ3v) is 2.59. The molecule has 1 aliphatic heterocycles. The maximum atomic E-state index is 11.5. The van der Waals surface area contributed by atoms with Crippen LogP contribution >= 0.6 is 11.6 Å². The molecule has 0 aliphatic carbocycles. The Morgan fingerprint density at radius 2 is 2.00 bits per heavy atom. The van der Waals surface area contributed by atoms with E-state index in [0.29, 0.717) is 10.8 Å². The van der Waals surface area contributed by atoms with Gasteiger partial charge in [0.05, 0.1) is 13.3 Å². The number of amides is 2. The van der Waals surface area contributed by atoms with Crippen LogP contribution in [-0.2, 0) is 9.59 Å². The summed E-state index contributed by atoms with van der Waals surface area (Å²) in [6, 6.07) is 1.48. The number of ether oxygens (including phenoxy) is 1. The third-order valence-electron chi connectivity index (χ3n) is 2.31. The fraction of sp³-hybridized carbons (Fsp3) is 0.300. The van der Waals surface area contributed by atoms with Gasteiger partial charge in [0.2, 0.25) is 11.8 Å². The summed E-state index contributed by atoms with van der Waals surface area (Å²) in [6.45, 7) is 0. The summed E-state index contributed by atoms with van der Waals surface area (Å²) in [4.78, 5) is 27.9. The van der Waals surface area contributed by atoms with Crippen molar-refractivity contribution in [2.24, 2.45) is 0 Å². The van der Waals surface area contributed by atoms with Gasteiger partial charge in [-0.2, -0.15) is 0 Å². The first-order chi connectivity index (χ1) is 7.63. The number of hydrogen-bond donors (Lipinski definition) is 0. The van der Waals surface area contributed by atoms with Crippen LogP contribution in [0, 0.1) is 0 Å². The zero-order valence-corrected chi connectivity index (χ0v) is 9.32. The zero-order chi connectivity index (χ0) is 11.7. The molecule has 1 saturated heterocycles. The summed E-state index contributed by atoms with van der Waals surface area (Å²) in [5.74, 6) is 0.150. The molecule has 0 radical (unpaired) electrons. The highest BCUT2D eigenvalue weighted by Gasteiger charge is 2.31. The van der Waals surface area contributed by atoms with E-state index in [1.807, 2.05) is 0 Å². The van der Waals surface area contributed by atoms with Crippen molar-refractivity contribution in [3.8, 4) is 5.75 Å². The standard InChI is InChI=1S/C10H9ClN2O3/c1-16-7-4-8(12-5-6(7)11)13-9(14)2-3-10(13)15/h4-5H,2-3H2,1H3. The molecule has 84 valence electrons. The summed E-state index contributed by atoms with van der Waals surface area (Å²) >= 11 is 5.80. The minimum absolute atomic E-state index is 0.228. The lowest BCUT2D eigenvalue weighted by Gasteiger charge is -2.13. The van der Waals surface area contributed by atoms with Crippen LogP contribution in [0.3, 0.4) is 0 Å². The van der Waals surface area contributed by atoms with Crippen molar-refractivity contribution < 1.29 is 14.3 Å². The Hall–Kier alpha value is -1.62. The van der Waals surface area contributed by atoms with E-state index in [0.717, 1.165) is 4.90 Å². The topological polar surface area (TPSA) is 59.5 Å². The summed E-state index contributed by atoms with van der Waals surface area (Å²) in [6.07, 6.45) is 1.81. The highest BCUT2D eigenvalue weighted by atomic mass is 35.5. The van der Waals surface area contributed by atoms with E-state index in [4.69, 9.17) is 16.3 Å². The Morgan fingerprint density at radius 1 is 1.38 bits per heavy atom. The Bertz CT molecular complexity index is 445. The number of carbonyl (C=O) groups excluding carboxylic acids is 2. The van der Waals surface area contributed by atoms with Crippen LogP contribution in [0.1, 0.15) is 12.8 Å². The Morgan fingerprint density at radius 3 is 2.56 bits per heavy atom. The van der Waals surface area contributed by atoms with Crippen LogP contribution in [0.25, 0.3) is 0 Å². The molecule has 0 bridgehead atoms. The number of rotatable bonds is 2. The predicted molar refractivity (Wildman–Crippen MR) is 57.5 cm³/mol. The van der Waals surface area contributed by atoms with Gasteiger partial charge < -0.3 is 4.74 Å². The molecular weight excluding hydrogens is 232 g/mol. The third kappa shape index (κ3) is 1.74. The van der Waals surface area contributed by atoms with Crippen LogP contribution in [0.5, 0.6) is 5.75 Å². The fourth-order valence-corrected chi connectivity index (χ4v) is 1.70. The van der Waals surface area contributed by atoms with Crippen molar-refractivity contribution in [3.05, 3.63) is 17.3 Å². The van der Waals surface area contributed by atoms with Crippen LogP contribution in [0.4, 0.5) is 5.82 Å². The van der Waals surface area contributed by atoms with Crippen LogP contribution in [0.15, 0.2) is 12.3 Å². The summed E-state index contributed by atoms with van der Waals surface area (Å²) < 4.78 is 4.99. The van der Waals surface area contributed by atoms with E-state index in [2.05, 4.69) is 4.98 Å². The molecule has 0 N–H and O–H groups in total. The molecule has 5 nitrogen and oxygen atoms in total. The Balaban J connectivity index is 2.40. The van der Waals surface area contributed by atoms with Gasteiger partial charge in [0.25, 0.3) is 0 Å². The minimum Gasteiger partial charge on any atom is -0.495 e. The van der Waals surface area contributed by atoms with Gasteiger partial charge in [0, 0.05) is 18.9 Å². The molecule has 1 fully saturated rings. The Kier molecular flexibility index (Phi) is 2.78. The molecule has 2 rings (SSSR count). The quantitative estimate of drug-likeness (QED) is 0.733. The molecule has 1 aliphatic rings. The number of hydrogen-bond acceptors (Lipinski definition) is 4. The first kappa shape index (κ1) is 10.9. The lowest BCUT2D eigenvalue weighted by molar-refractivity contribution is -0.121. The number of methoxy groups -OCH3 is 1. The monoisotopic (exact) mass is 240 g/mol. The second-order valence-corrected chi connectivity index (χ2v) is 3.71. The van der Waals surface area contributed by atoms with Gasteiger partial charge in [-0.15, -0.1) is 0 Å². The normalized spacial score (nSPS) is 15.8. The maximum Gasteiger partial charge on any atom is 0.235 e. The summed E-state index contributed by atoms with van der Waals surface area (Å²) in [7, 11) is 1.46. The van der Waals surface area contributed by atoms with Gasteiger partial charge in [-0.05, 0) is 0 Å². The van der Waals surface area contributed by atoms with Crippen molar-refractivity contribution in [2.45, 2.75) is 12.8 Å². The maximum absolute atomic E-state index is 11.5. The fourth-order valence-electron chi connectivity index (χ4n) is 1.52. The van der Waals surface area contributed by atoms with E-state index in [1.165, 1.54) is 19.4 Å². The van der Waals surface area contributed by atoms with Crippen LogP contribution in [0.2, 0.25) is 5.02 Å². The van der Waals surface area contributed by atoms with E-state index in [9.17, 15) is 9.59 Å². The van der Waals surface area contributed by atoms with Crippen molar-refractivity contribution in [2.75, 3.05) is 12.0 Å². The summed E-state index contributed by atoms with van der Waals surface area (Å²) in [5.41, 5.74) is 0. The van der Waals surface area contributed by atoms with Gasteiger partial charge >= 0.3 is 0 Å². The van der Waals surface area contributed by atoms with E-state index in [1.54, 1.807) is 0 Å². The minimum atomic E-state index is -0.248. The molecule has 0 unspecified atom stereocenters. The highest BCUT2D eigenvalue weighted by Crippen LogP contribution is 2.29. The van der Waals surface area contributed by atoms with Gasteiger partial charge in [0.15, 0.2) is 0 Å².